The molecule has 1 N–H and O–H groups in total. The number of ether oxygens (including phenoxy) is 2. The molecule has 1 fully saturated rings. The minimum Gasteiger partial charge on any atom is -0.497 e. The Balaban J connectivity index is 1.85. The second-order valence-corrected chi connectivity index (χ2v) is 5.93. The molecule has 4 heteroatoms. The molecule has 0 aliphatic heterocycles. The maximum absolute atomic E-state index is 11.6. The highest BCUT2D eigenvalue weighted by atomic mass is 16.6. The second kappa shape index (κ2) is 5.11. The third-order valence-corrected chi connectivity index (χ3v) is 3.01. The highest BCUT2D eigenvalue weighted by molar-refractivity contribution is 5.68. The third-order valence-electron chi connectivity index (χ3n) is 3.01. The molecule has 1 saturated carbocycles. The Labute approximate surface area is 114 Å². The van der Waals surface area contributed by atoms with Gasteiger partial charge in [0.25, 0.3) is 0 Å². The van der Waals surface area contributed by atoms with Gasteiger partial charge in [-0.1, -0.05) is 12.1 Å². The fourth-order valence-electron chi connectivity index (χ4n) is 1.98. The Morgan fingerprint density at radius 2 is 1.89 bits per heavy atom. The molecular weight excluding hydrogens is 242 g/mol. The van der Waals surface area contributed by atoms with Gasteiger partial charge in [-0.25, -0.2) is 4.79 Å². The first-order chi connectivity index (χ1) is 8.89. The average molecular weight is 263 g/mol. The Bertz CT molecular complexity index is 447. The summed E-state index contributed by atoms with van der Waals surface area (Å²) in [5.41, 5.74) is 0.927. The van der Waals surface area contributed by atoms with Crippen LogP contribution in [0.3, 0.4) is 0 Å². The number of hydrogen-bond acceptors (Lipinski definition) is 3. The SMILES string of the molecule is COc1ccc(C2CC2OC(=O)NC(C)(C)C)cc1. The molecular formula is C15H21NO3. The molecule has 0 bridgehead atoms. The molecule has 1 aliphatic carbocycles. The molecule has 2 unspecified atom stereocenters. The lowest BCUT2D eigenvalue weighted by molar-refractivity contribution is 0.128. The van der Waals surface area contributed by atoms with Crippen LogP contribution in [-0.2, 0) is 4.74 Å². The van der Waals surface area contributed by atoms with Crippen LogP contribution < -0.4 is 10.1 Å². The van der Waals surface area contributed by atoms with E-state index in [9.17, 15) is 4.79 Å². The van der Waals surface area contributed by atoms with Gasteiger partial charge < -0.3 is 14.8 Å². The number of nitrogens with one attached hydrogen (secondary N) is 1. The molecule has 0 heterocycles. The average Bonchev–Trinajstić information content (AvgIpc) is 3.06. The van der Waals surface area contributed by atoms with Gasteiger partial charge in [0.1, 0.15) is 11.9 Å². The molecule has 1 aromatic carbocycles. The molecule has 1 aliphatic rings. The topological polar surface area (TPSA) is 47.6 Å². The summed E-state index contributed by atoms with van der Waals surface area (Å²) in [6.45, 7) is 5.80. The summed E-state index contributed by atoms with van der Waals surface area (Å²) in [4.78, 5) is 11.6. The summed E-state index contributed by atoms with van der Waals surface area (Å²) >= 11 is 0. The van der Waals surface area contributed by atoms with Gasteiger partial charge in [-0.05, 0) is 44.9 Å². The van der Waals surface area contributed by atoms with Crippen molar-refractivity contribution < 1.29 is 14.3 Å². The van der Waals surface area contributed by atoms with Crippen LogP contribution in [0.2, 0.25) is 0 Å². The molecule has 1 aromatic rings. The zero-order chi connectivity index (χ0) is 14.0. The van der Waals surface area contributed by atoms with E-state index in [1.54, 1.807) is 7.11 Å². The van der Waals surface area contributed by atoms with E-state index in [0.29, 0.717) is 5.92 Å². The van der Waals surface area contributed by atoms with Gasteiger partial charge in [0.05, 0.1) is 7.11 Å². The second-order valence-electron chi connectivity index (χ2n) is 5.93. The van der Waals surface area contributed by atoms with Crippen LogP contribution in [0.15, 0.2) is 24.3 Å². The van der Waals surface area contributed by atoms with Gasteiger partial charge in [-0.2, -0.15) is 0 Å². The smallest absolute Gasteiger partial charge is 0.407 e. The van der Waals surface area contributed by atoms with E-state index in [1.807, 2.05) is 45.0 Å². The van der Waals surface area contributed by atoms with E-state index < -0.39 is 0 Å². The van der Waals surface area contributed by atoms with Crippen molar-refractivity contribution in [3.63, 3.8) is 0 Å². The van der Waals surface area contributed by atoms with Crippen LogP contribution in [0.5, 0.6) is 5.75 Å². The highest BCUT2D eigenvalue weighted by Gasteiger charge is 2.42. The van der Waals surface area contributed by atoms with Gasteiger partial charge in [-0.3, -0.25) is 0 Å². The van der Waals surface area contributed by atoms with Crippen molar-refractivity contribution >= 4 is 6.09 Å². The lowest BCUT2D eigenvalue weighted by Gasteiger charge is -2.20. The Hall–Kier alpha value is -1.71. The zero-order valence-electron chi connectivity index (χ0n) is 11.9. The molecule has 1 amide bonds. The van der Waals surface area contributed by atoms with Gasteiger partial charge in [-0.15, -0.1) is 0 Å². The molecule has 19 heavy (non-hydrogen) atoms. The van der Waals surface area contributed by atoms with E-state index >= 15 is 0 Å². The largest absolute Gasteiger partial charge is 0.497 e. The Morgan fingerprint density at radius 1 is 1.26 bits per heavy atom. The fourth-order valence-corrected chi connectivity index (χ4v) is 1.98. The number of carbonyl (C=O) groups excluding carboxylic acids is 1. The molecule has 4 nitrogen and oxygen atoms in total. The number of methoxy groups -OCH3 is 1. The van der Waals surface area contributed by atoms with Crippen LogP contribution in [0.4, 0.5) is 4.79 Å². The molecule has 0 saturated heterocycles. The highest BCUT2D eigenvalue weighted by Crippen LogP contribution is 2.43. The van der Waals surface area contributed by atoms with Crippen LogP contribution in [0.1, 0.15) is 38.7 Å². The van der Waals surface area contributed by atoms with Gasteiger partial charge >= 0.3 is 6.09 Å². The minimum absolute atomic E-state index is 0.00394. The van der Waals surface area contributed by atoms with Crippen LogP contribution in [0.25, 0.3) is 0 Å². The maximum atomic E-state index is 11.6. The number of hydrogen-bond donors (Lipinski definition) is 1. The van der Waals surface area contributed by atoms with Crippen molar-refractivity contribution in [2.24, 2.45) is 0 Å². The Morgan fingerprint density at radius 3 is 2.42 bits per heavy atom. The Kier molecular flexibility index (Phi) is 3.69. The molecule has 0 aromatic heterocycles. The van der Waals surface area contributed by atoms with Gasteiger partial charge in [0, 0.05) is 11.5 Å². The van der Waals surface area contributed by atoms with Crippen molar-refractivity contribution in [1.82, 2.24) is 5.32 Å². The van der Waals surface area contributed by atoms with Gasteiger partial charge in [0.15, 0.2) is 0 Å². The number of carbonyl (C=O) groups is 1. The standard InChI is InChI=1S/C15H21NO3/c1-15(2,3)16-14(17)19-13-9-12(13)10-5-7-11(18-4)8-6-10/h5-8,12-13H,9H2,1-4H3,(H,16,17). The monoisotopic (exact) mass is 263 g/mol. The van der Waals surface area contributed by atoms with Crippen molar-refractivity contribution in [3.05, 3.63) is 29.8 Å². The molecule has 2 rings (SSSR count). The molecule has 104 valence electrons. The first-order valence-corrected chi connectivity index (χ1v) is 6.52. The maximum Gasteiger partial charge on any atom is 0.407 e. The normalized spacial score (nSPS) is 21.7. The zero-order valence-corrected chi connectivity index (χ0v) is 11.9. The van der Waals surface area contributed by atoms with Gasteiger partial charge in [0.2, 0.25) is 0 Å². The van der Waals surface area contributed by atoms with Crippen molar-refractivity contribution in [1.29, 1.82) is 0 Å². The summed E-state index contributed by atoms with van der Waals surface area (Å²) in [6.07, 6.45) is 0.549. The summed E-state index contributed by atoms with van der Waals surface area (Å²) in [5.74, 6) is 1.16. The third kappa shape index (κ3) is 3.88. The van der Waals surface area contributed by atoms with E-state index in [2.05, 4.69) is 5.32 Å². The first kappa shape index (κ1) is 13.7. The molecule has 2 atom stereocenters. The van der Waals surface area contributed by atoms with Crippen LogP contribution in [-0.4, -0.2) is 24.8 Å². The fraction of sp³-hybridized carbons (Fsp3) is 0.533. The van der Waals surface area contributed by atoms with E-state index in [4.69, 9.17) is 9.47 Å². The lowest BCUT2D eigenvalue weighted by Crippen LogP contribution is -2.41. The first-order valence-electron chi connectivity index (χ1n) is 6.52. The predicted molar refractivity (Wildman–Crippen MR) is 73.5 cm³/mol. The summed E-state index contributed by atoms with van der Waals surface area (Å²) in [6, 6.07) is 7.91. The van der Waals surface area contributed by atoms with E-state index in [1.165, 1.54) is 5.56 Å². The summed E-state index contributed by atoms with van der Waals surface area (Å²) in [7, 11) is 1.65. The van der Waals surface area contributed by atoms with E-state index in [-0.39, 0.29) is 17.7 Å². The quantitative estimate of drug-likeness (QED) is 0.911. The number of benzene rings is 1. The molecule has 0 radical (unpaired) electrons. The lowest BCUT2D eigenvalue weighted by atomic mass is 10.1. The minimum atomic E-state index is -0.339. The molecule has 0 spiro atoms. The number of amides is 1. The number of rotatable bonds is 3. The predicted octanol–water partition coefficient (Wildman–Crippen LogP) is 3.08. The van der Waals surface area contributed by atoms with Crippen molar-refractivity contribution in [2.75, 3.05) is 7.11 Å². The summed E-state index contributed by atoms with van der Waals surface area (Å²) < 4.78 is 10.5. The van der Waals surface area contributed by atoms with Crippen LogP contribution in [0, 0.1) is 0 Å². The van der Waals surface area contributed by atoms with Crippen LogP contribution >= 0.6 is 0 Å². The van der Waals surface area contributed by atoms with Crippen molar-refractivity contribution in [3.8, 4) is 5.75 Å². The summed E-state index contributed by atoms with van der Waals surface area (Å²) in [5, 5.41) is 2.80. The number of alkyl carbamates (subject to hydrolysis) is 1. The van der Waals surface area contributed by atoms with E-state index in [0.717, 1.165) is 12.2 Å². The van der Waals surface area contributed by atoms with Crippen molar-refractivity contribution in [2.45, 2.75) is 44.8 Å².